The lowest BCUT2D eigenvalue weighted by molar-refractivity contribution is -0.385. The normalized spacial score (nSPS) is 12.6. The maximum atomic E-state index is 12.5. The molecule has 0 aromatic heterocycles. The van der Waals surface area contributed by atoms with E-state index in [0.29, 0.717) is 5.56 Å². The topological polar surface area (TPSA) is 107 Å². The Labute approximate surface area is 161 Å². The van der Waals surface area contributed by atoms with Crippen LogP contribution in [0, 0.1) is 10.1 Å². The first-order chi connectivity index (χ1) is 12.5. The molecule has 2 aromatic rings. The van der Waals surface area contributed by atoms with Crippen molar-refractivity contribution in [2.24, 2.45) is 0 Å². The van der Waals surface area contributed by atoms with Gasteiger partial charge in [0.1, 0.15) is 6.10 Å². The van der Waals surface area contributed by atoms with Gasteiger partial charge in [-0.05, 0) is 30.7 Å². The molecule has 0 heterocycles. The van der Waals surface area contributed by atoms with Gasteiger partial charge in [0.05, 0.1) is 20.4 Å². The molecule has 8 nitrogen and oxygen atoms in total. The third-order valence-corrected chi connectivity index (χ3v) is 5.91. The van der Waals surface area contributed by atoms with Crippen molar-refractivity contribution >= 4 is 33.3 Å². The number of carbonyl (C=O) groups excluding carboxylic acids is 1. The summed E-state index contributed by atoms with van der Waals surface area (Å²) in [6.07, 6.45) is -0.803. The van der Waals surface area contributed by atoms with Crippen LogP contribution in [0.1, 0.15) is 28.9 Å². The number of carbonyl (C=O) groups is 1. The minimum Gasteiger partial charge on any atom is -0.454 e. The van der Waals surface area contributed by atoms with Crippen LogP contribution in [-0.2, 0) is 14.8 Å². The highest BCUT2D eigenvalue weighted by molar-refractivity contribution is 7.89. The first-order valence-electron chi connectivity index (χ1n) is 7.71. The number of rotatable bonds is 6. The number of nitro groups is 1. The highest BCUT2D eigenvalue weighted by Gasteiger charge is 2.23. The Kier molecular flexibility index (Phi) is 6.19. The van der Waals surface area contributed by atoms with Crippen molar-refractivity contribution < 1.29 is 22.9 Å². The molecule has 0 radical (unpaired) electrons. The van der Waals surface area contributed by atoms with Gasteiger partial charge in [-0.25, -0.2) is 17.5 Å². The Morgan fingerprint density at radius 2 is 1.89 bits per heavy atom. The second kappa shape index (κ2) is 8.03. The summed E-state index contributed by atoms with van der Waals surface area (Å²) in [4.78, 5) is 22.7. The summed E-state index contributed by atoms with van der Waals surface area (Å²) < 4.78 is 30.8. The SMILES string of the molecule is C[C@@H](OC(=O)c1cc(S(=O)(=O)N(C)C)ccc1Cl)c1cccc([N+](=O)[O-])c1. The highest BCUT2D eigenvalue weighted by Crippen LogP contribution is 2.26. The Bertz CT molecular complexity index is 991. The van der Waals surface area contributed by atoms with E-state index in [1.807, 2.05) is 0 Å². The molecule has 1 atom stereocenters. The lowest BCUT2D eigenvalue weighted by Gasteiger charge is -2.16. The summed E-state index contributed by atoms with van der Waals surface area (Å²) in [6, 6.07) is 9.41. The molecule has 0 spiro atoms. The summed E-state index contributed by atoms with van der Waals surface area (Å²) in [5.74, 6) is -0.838. The predicted octanol–water partition coefficient (Wildman–Crippen LogP) is 3.42. The second-order valence-electron chi connectivity index (χ2n) is 5.83. The zero-order valence-electron chi connectivity index (χ0n) is 14.7. The number of non-ortho nitro benzene ring substituents is 1. The number of nitrogens with zero attached hydrogens (tertiary/aromatic N) is 2. The van der Waals surface area contributed by atoms with Crippen molar-refractivity contribution in [1.29, 1.82) is 0 Å². The smallest absolute Gasteiger partial charge is 0.340 e. The number of halogens is 1. The molecule has 0 saturated carbocycles. The van der Waals surface area contributed by atoms with Crippen LogP contribution in [0.15, 0.2) is 47.4 Å². The molecule has 27 heavy (non-hydrogen) atoms. The van der Waals surface area contributed by atoms with Gasteiger partial charge in [0.15, 0.2) is 0 Å². The van der Waals surface area contributed by atoms with Gasteiger partial charge in [0.2, 0.25) is 10.0 Å². The Morgan fingerprint density at radius 3 is 2.48 bits per heavy atom. The summed E-state index contributed by atoms with van der Waals surface area (Å²) in [6.45, 7) is 1.55. The molecule has 0 amide bonds. The molecule has 2 rings (SSSR count). The van der Waals surface area contributed by atoms with E-state index in [1.54, 1.807) is 13.0 Å². The zero-order valence-corrected chi connectivity index (χ0v) is 16.3. The Hall–Kier alpha value is -2.49. The van der Waals surface area contributed by atoms with Gasteiger partial charge < -0.3 is 4.74 Å². The van der Waals surface area contributed by atoms with Crippen molar-refractivity contribution in [1.82, 2.24) is 4.31 Å². The van der Waals surface area contributed by atoms with Gasteiger partial charge in [-0.2, -0.15) is 0 Å². The fraction of sp³-hybridized carbons (Fsp3) is 0.235. The van der Waals surface area contributed by atoms with Gasteiger partial charge in [-0.3, -0.25) is 10.1 Å². The quantitative estimate of drug-likeness (QED) is 0.408. The van der Waals surface area contributed by atoms with Crippen molar-refractivity contribution in [2.75, 3.05) is 14.1 Å². The van der Waals surface area contributed by atoms with E-state index in [0.717, 1.165) is 10.4 Å². The minimum absolute atomic E-state index is 0.0314. The summed E-state index contributed by atoms with van der Waals surface area (Å²) >= 11 is 6.02. The molecule has 0 unspecified atom stereocenters. The van der Waals surface area contributed by atoms with Crippen LogP contribution in [-0.4, -0.2) is 37.7 Å². The fourth-order valence-electron chi connectivity index (χ4n) is 2.22. The molecule has 2 aromatic carbocycles. The third kappa shape index (κ3) is 4.62. The summed E-state index contributed by atoms with van der Waals surface area (Å²) in [5.41, 5.74) is 0.176. The summed E-state index contributed by atoms with van der Waals surface area (Å²) in [5, 5.41) is 10.9. The van der Waals surface area contributed by atoms with E-state index in [2.05, 4.69) is 0 Å². The Morgan fingerprint density at radius 1 is 1.22 bits per heavy atom. The van der Waals surface area contributed by atoms with Crippen LogP contribution in [0.3, 0.4) is 0 Å². The maximum Gasteiger partial charge on any atom is 0.340 e. The van der Waals surface area contributed by atoms with E-state index < -0.39 is 27.0 Å². The van der Waals surface area contributed by atoms with Crippen LogP contribution >= 0.6 is 11.6 Å². The first kappa shape index (κ1) is 20.8. The second-order valence-corrected chi connectivity index (χ2v) is 8.39. The van der Waals surface area contributed by atoms with E-state index in [9.17, 15) is 23.3 Å². The molecular formula is C17H17ClN2O6S. The van der Waals surface area contributed by atoms with Gasteiger partial charge >= 0.3 is 5.97 Å². The molecule has 0 fully saturated rings. The van der Waals surface area contributed by atoms with Crippen LogP contribution in [0.2, 0.25) is 5.02 Å². The van der Waals surface area contributed by atoms with Crippen molar-refractivity contribution in [3.05, 3.63) is 68.7 Å². The number of esters is 1. The number of nitro benzene ring substituents is 1. The van der Waals surface area contributed by atoms with Crippen molar-refractivity contribution in [2.45, 2.75) is 17.9 Å². The molecule has 0 bridgehead atoms. The van der Waals surface area contributed by atoms with E-state index >= 15 is 0 Å². The number of sulfonamides is 1. The van der Waals surface area contributed by atoms with E-state index in [-0.39, 0.29) is 21.2 Å². The lowest BCUT2D eigenvalue weighted by atomic mass is 10.1. The first-order valence-corrected chi connectivity index (χ1v) is 9.53. The molecular weight excluding hydrogens is 396 g/mol. The lowest BCUT2D eigenvalue weighted by Crippen LogP contribution is -2.22. The standard InChI is InChI=1S/C17H17ClN2O6S/c1-11(12-5-4-6-13(9-12)20(22)23)26-17(21)15-10-14(7-8-16(15)18)27(24,25)19(2)3/h4-11H,1-3H3/t11-/m1/s1. The van der Waals surface area contributed by atoms with Gasteiger partial charge in [0, 0.05) is 26.2 Å². The average Bonchev–Trinajstić information content (AvgIpc) is 2.61. The maximum absolute atomic E-state index is 12.5. The van der Waals surface area contributed by atoms with E-state index in [1.165, 1.54) is 44.4 Å². The van der Waals surface area contributed by atoms with Crippen molar-refractivity contribution in [3.8, 4) is 0 Å². The molecule has 0 aliphatic carbocycles. The average molecular weight is 413 g/mol. The predicted molar refractivity (Wildman–Crippen MR) is 99.3 cm³/mol. The largest absolute Gasteiger partial charge is 0.454 e. The Balaban J connectivity index is 2.30. The number of hydrogen-bond acceptors (Lipinski definition) is 6. The van der Waals surface area contributed by atoms with E-state index in [4.69, 9.17) is 16.3 Å². The van der Waals surface area contributed by atoms with Gasteiger partial charge in [-0.1, -0.05) is 23.7 Å². The molecule has 10 heteroatoms. The van der Waals surface area contributed by atoms with Crippen molar-refractivity contribution in [3.63, 3.8) is 0 Å². The van der Waals surface area contributed by atoms with Crippen LogP contribution in [0.4, 0.5) is 5.69 Å². The molecule has 0 saturated heterocycles. The number of ether oxygens (including phenoxy) is 1. The van der Waals surface area contributed by atoms with Crippen LogP contribution in [0.25, 0.3) is 0 Å². The van der Waals surface area contributed by atoms with Crippen LogP contribution in [0.5, 0.6) is 0 Å². The zero-order chi connectivity index (χ0) is 20.4. The number of benzene rings is 2. The van der Waals surface area contributed by atoms with Gasteiger partial charge in [-0.15, -0.1) is 0 Å². The summed E-state index contributed by atoms with van der Waals surface area (Å²) in [7, 11) is -1.02. The monoisotopic (exact) mass is 412 g/mol. The fourth-order valence-corrected chi connectivity index (χ4v) is 3.34. The molecule has 0 aliphatic rings. The van der Waals surface area contributed by atoms with Gasteiger partial charge in [0.25, 0.3) is 5.69 Å². The van der Waals surface area contributed by atoms with Crippen LogP contribution < -0.4 is 0 Å². The molecule has 0 N–H and O–H groups in total. The highest BCUT2D eigenvalue weighted by atomic mass is 35.5. The molecule has 144 valence electrons. The molecule has 0 aliphatic heterocycles. The minimum atomic E-state index is -3.75. The third-order valence-electron chi connectivity index (χ3n) is 3.77. The number of hydrogen-bond donors (Lipinski definition) is 0.